The van der Waals surface area contributed by atoms with Crippen molar-refractivity contribution in [1.29, 1.82) is 0 Å². The van der Waals surface area contributed by atoms with Crippen molar-refractivity contribution in [3.05, 3.63) is 64.8 Å². The maximum absolute atomic E-state index is 12.1. The molecule has 0 aromatic heterocycles. The zero-order valence-corrected chi connectivity index (χ0v) is 18.9. The smallest absolute Gasteiger partial charge is 0.266 e. The van der Waals surface area contributed by atoms with Crippen LogP contribution in [0.2, 0.25) is 0 Å². The fraction of sp³-hybridized carbons (Fsp3) is 0.500. The summed E-state index contributed by atoms with van der Waals surface area (Å²) in [4.78, 5) is 0.219. The predicted molar refractivity (Wildman–Crippen MR) is 119 cm³/mol. The molecule has 0 saturated heterocycles. The van der Waals surface area contributed by atoms with Gasteiger partial charge in [-0.15, -0.1) is 0 Å². The van der Waals surface area contributed by atoms with Gasteiger partial charge in [0.05, 0.1) is 11.5 Å². The molecule has 156 valence electrons. The van der Waals surface area contributed by atoms with E-state index in [4.69, 9.17) is 4.18 Å². The number of benzene rings is 1. The number of hydrogen-bond donors (Lipinski definition) is 0. The van der Waals surface area contributed by atoms with Gasteiger partial charge >= 0.3 is 0 Å². The monoisotopic (exact) mass is 404 g/mol. The van der Waals surface area contributed by atoms with Crippen molar-refractivity contribution in [2.45, 2.75) is 78.0 Å². The van der Waals surface area contributed by atoms with Gasteiger partial charge in [0.15, 0.2) is 0 Å². The van der Waals surface area contributed by atoms with E-state index in [1.807, 2.05) is 6.92 Å². The predicted octanol–water partition coefficient (Wildman–Crippen LogP) is 6.90. The topological polar surface area (TPSA) is 43.4 Å². The molecule has 4 heteroatoms. The molecule has 0 saturated carbocycles. The standard InChI is InChI=1S/C24H36O3S/c1-20(2)10-8-12-22(4)14-9-13-21(3)11-6-7-19-27-28(25,26)24-17-15-23(5)16-18-24/h10-11,14-18H,6-9,12-13,19H2,1-5H3. The summed E-state index contributed by atoms with van der Waals surface area (Å²) in [7, 11) is -3.65. The van der Waals surface area contributed by atoms with Crippen molar-refractivity contribution in [1.82, 2.24) is 0 Å². The highest BCUT2D eigenvalue weighted by Gasteiger charge is 2.13. The van der Waals surface area contributed by atoms with E-state index in [0.29, 0.717) is 6.42 Å². The molecule has 0 radical (unpaired) electrons. The molecule has 3 nitrogen and oxygen atoms in total. The van der Waals surface area contributed by atoms with E-state index in [1.165, 1.54) is 16.7 Å². The van der Waals surface area contributed by atoms with Gasteiger partial charge < -0.3 is 0 Å². The Balaban J connectivity index is 2.27. The second-order valence-electron chi connectivity index (χ2n) is 7.69. The molecule has 1 aromatic rings. The highest BCUT2D eigenvalue weighted by molar-refractivity contribution is 7.86. The summed E-state index contributed by atoms with van der Waals surface area (Å²) in [6, 6.07) is 6.73. The van der Waals surface area contributed by atoms with Crippen LogP contribution in [-0.2, 0) is 14.3 Å². The van der Waals surface area contributed by atoms with Crippen molar-refractivity contribution < 1.29 is 12.6 Å². The summed E-state index contributed by atoms with van der Waals surface area (Å²) in [5, 5.41) is 0. The molecule has 0 unspecified atom stereocenters. The minimum atomic E-state index is -3.65. The molecular weight excluding hydrogens is 368 g/mol. The molecule has 0 aliphatic rings. The molecule has 0 bridgehead atoms. The first-order chi connectivity index (χ1) is 13.2. The Bertz CT molecular complexity index is 778. The summed E-state index contributed by atoms with van der Waals surface area (Å²) in [5.74, 6) is 0. The summed E-state index contributed by atoms with van der Waals surface area (Å²) in [6.45, 7) is 10.7. The van der Waals surface area contributed by atoms with Gasteiger partial charge in [-0.1, -0.05) is 52.6 Å². The Morgan fingerprint density at radius 3 is 1.96 bits per heavy atom. The van der Waals surface area contributed by atoms with Crippen LogP contribution >= 0.6 is 0 Å². The largest absolute Gasteiger partial charge is 0.296 e. The quantitative estimate of drug-likeness (QED) is 0.216. The maximum atomic E-state index is 12.1. The lowest BCUT2D eigenvalue weighted by Crippen LogP contribution is -2.07. The number of allylic oxidation sites excluding steroid dienone is 6. The zero-order chi connectivity index (χ0) is 21.0. The number of unbranched alkanes of at least 4 members (excludes halogenated alkanes) is 1. The van der Waals surface area contributed by atoms with Crippen molar-refractivity contribution in [2.75, 3.05) is 6.61 Å². The van der Waals surface area contributed by atoms with E-state index in [2.05, 4.69) is 45.9 Å². The molecule has 0 N–H and O–H groups in total. The average Bonchev–Trinajstić information content (AvgIpc) is 2.61. The van der Waals surface area contributed by atoms with Gasteiger partial charge in [0.25, 0.3) is 10.1 Å². The van der Waals surface area contributed by atoms with Crippen LogP contribution in [0.3, 0.4) is 0 Å². The Morgan fingerprint density at radius 2 is 1.39 bits per heavy atom. The van der Waals surface area contributed by atoms with E-state index in [-0.39, 0.29) is 11.5 Å². The summed E-state index contributed by atoms with van der Waals surface area (Å²) < 4.78 is 29.4. The fourth-order valence-corrected chi connectivity index (χ4v) is 3.66. The minimum Gasteiger partial charge on any atom is -0.266 e. The molecule has 0 atom stereocenters. The van der Waals surface area contributed by atoms with Crippen LogP contribution in [0.5, 0.6) is 0 Å². The molecule has 28 heavy (non-hydrogen) atoms. The maximum Gasteiger partial charge on any atom is 0.296 e. The van der Waals surface area contributed by atoms with E-state index in [0.717, 1.165) is 37.7 Å². The Hall–Kier alpha value is -1.65. The third-order valence-corrected chi connectivity index (χ3v) is 5.84. The van der Waals surface area contributed by atoms with Gasteiger partial charge in [-0.25, -0.2) is 0 Å². The van der Waals surface area contributed by atoms with E-state index in [1.54, 1.807) is 24.3 Å². The van der Waals surface area contributed by atoms with Gasteiger partial charge in [-0.2, -0.15) is 8.42 Å². The lowest BCUT2D eigenvalue weighted by atomic mass is 10.1. The van der Waals surface area contributed by atoms with Crippen LogP contribution in [0.25, 0.3) is 0 Å². The molecule has 0 heterocycles. The van der Waals surface area contributed by atoms with Crippen LogP contribution < -0.4 is 0 Å². The van der Waals surface area contributed by atoms with E-state index < -0.39 is 10.1 Å². The molecule has 1 rings (SSSR count). The molecule has 0 fully saturated rings. The SMILES string of the molecule is CC(C)=CCCC(C)=CCCC(C)=CCCCOS(=O)(=O)c1ccc(C)cc1. The number of hydrogen-bond acceptors (Lipinski definition) is 3. The lowest BCUT2D eigenvalue weighted by Gasteiger charge is -2.05. The first kappa shape index (κ1) is 24.4. The third kappa shape index (κ3) is 10.6. The summed E-state index contributed by atoms with van der Waals surface area (Å²) in [6.07, 6.45) is 12.7. The zero-order valence-electron chi connectivity index (χ0n) is 18.1. The normalized spacial score (nSPS) is 12.9. The second-order valence-corrected chi connectivity index (χ2v) is 9.31. The Kier molecular flexibility index (Phi) is 11.1. The Labute approximate surface area is 172 Å². The number of rotatable bonds is 12. The lowest BCUT2D eigenvalue weighted by molar-refractivity contribution is 0.313. The Morgan fingerprint density at radius 1 is 0.857 bits per heavy atom. The van der Waals surface area contributed by atoms with Crippen molar-refractivity contribution in [2.24, 2.45) is 0 Å². The molecule has 0 aliphatic heterocycles. The van der Waals surface area contributed by atoms with Gasteiger partial charge in [0.1, 0.15) is 0 Å². The van der Waals surface area contributed by atoms with Crippen LogP contribution in [0.1, 0.15) is 71.8 Å². The first-order valence-corrected chi connectivity index (χ1v) is 11.5. The van der Waals surface area contributed by atoms with Crippen molar-refractivity contribution in [3.8, 4) is 0 Å². The van der Waals surface area contributed by atoms with Crippen LogP contribution in [0.4, 0.5) is 0 Å². The number of aryl methyl sites for hydroxylation is 1. The van der Waals surface area contributed by atoms with Gasteiger partial charge in [-0.3, -0.25) is 4.18 Å². The average molecular weight is 405 g/mol. The highest BCUT2D eigenvalue weighted by atomic mass is 32.2. The summed E-state index contributed by atoms with van der Waals surface area (Å²) in [5.41, 5.74) is 5.19. The van der Waals surface area contributed by atoms with Crippen molar-refractivity contribution in [3.63, 3.8) is 0 Å². The fourth-order valence-electron chi connectivity index (χ4n) is 2.71. The molecule has 1 aromatic carbocycles. The van der Waals surface area contributed by atoms with E-state index >= 15 is 0 Å². The third-order valence-electron chi connectivity index (χ3n) is 4.51. The molecular formula is C24H36O3S. The summed E-state index contributed by atoms with van der Waals surface area (Å²) >= 11 is 0. The second kappa shape index (κ2) is 12.7. The van der Waals surface area contributed by atoms with Crippen LogP contribution in [0, 0.1) is 6.92 Å². The van der Waals surface area contributed by atoms with Crippen LogP contribution in [0.15, 0.2) is 64.1 Å². The molecule has 0 spiro atoms. The first-order valence-electron chi connectivity index (χ1n) is 10.1. The minimum absolute atomic E-state index is 0.212. The molecule has 0 aliphatic carbocycles. The highest BCUT2D eigenvalue weighted by Crippen LogP contribution is 2.15. The van der Waals surface area contributed by atoms with Crippen LogP contribution in [-0.4, -0.2) is 15.0 Å². The van der Waals surface area contributed by atoms with Gasteiger partial charge in [0, 0.05) is 0 Å². The molecule has 0 amide bonds. The van der Waals surface area contributed by atoms with Gasteiger partial charge in [-0.05, 0) is 85.3 Å². The van der Waals surface area contributed by atoms with E-state index in [9.17, 15) is 8.42 Å². The van der Waals surface area contributed by atoms with Crippen molar-refractivity contribution >= 4 is 10.1 Å². The van der Waals surface area contributed by atoms with Gasteiger partial charge in [0.2, 0.25) is 0 Å².